The number of rotatable bonds is 8. The first-order valence-electron chi connectivity index (χ1n) is 8.27. The molecule has 1 aromatic heterocycles. The molecule has 0 aliphatic carbocycles. The van der Waals surface area contributed by atoms with E-state index in [-0.39, 0.29) is 11.9 Å². The SMILES string of the molecule is COCCN(Cc1ccccn1)C(=O)NC[C@H](C)c1ccc(Cl)cc1. The lowest BCUT2D eigenvalue weighted by Gasteiger charge is -2.23. The minimum atomic E-state index is -0.122. The lowest BCUT2D eigenvalue weighted by molar-refractivity contribution is 0.145. The number of pyridine rings is 1. The van der Waals surface area contributed by atoms with Crippen LogP contribution in [0.2, 0.25) is 5.02 Å². The van der Waals surface area contributed by atoms with E-state index in [1.807, 2.05) is 42.5 Å². The van der Waals surface area contributed by atoms with Crippen molar-refractivity contribution >= 4 is 17.6 Å². The van der Waals surface area contributed by atoms with Crippen LogP contribution in [0.3, 0.4) is 0 Å². The van der Waals surface area contributed by atoms with Gasteiger partial charge in [0.05, 0.1) is 18.8 Å². The van der Waals surface area contributed by atoms with E-state index in [4.69, 9.17) is 16.3 Å². The maximum absolute atomic E-state index is 12.6. The molecule has 0 radical (unpaired) electrons. The molecule has 1 aromatic carbocycles. The zero-order chi connectivity index (χ0) is 18.1. The molecule has 0 aliphatic heterocycles. The quantitative estimate of drug-likeness (QED) is 0.780. The van der Waals surface area contributed by atoms with Gasteiger partial charge in [0, 0.05) is 31.4 Å². The Bertz CT molecular complexity index is 649. The smallest absolute Gasteiger partial charge is 0.317 e. The van der Waals surface area contributed by atoms with E-state index in [2.05, 4.69) is 17.2 Å². The minimum Gasteiger partial charge on any atom is -0.383 e. The van der Waals surface area contributed by atoms with Crippen LogP contribution in [-0.2, 0) is 11.3 Å². The molecule has 5 nitrogen and oxygen atoms in total. The molecular weight excluding hydrogens is 338 g/mol. The second-order valence-electron chi connectivity index (χ2n) is 5.87. The van der Waals surface area contributed by atoms with Crippen molar-refractivity contribution in [3.63, 3.8) is 0 Å². The van der Waals surface area contributed by atoms with E-state index < -0.39 is 0 Å². The Labute approximate surface area is 154 Å². The first-order chi connectivity index (χ1) is 12.1. The van der Waals surface area contributed by atoms with Gasteiger partial charge < -0.3 is 15.0 Å². The molecule has 0 spiro atoms. The summed E-state index contributed by atoms with van der Waals surface area (Å²) >= 11 is 5.92. The molecule has 0 saturated heterocycles. The Hall–Kier alpha value is -2.11. The summed E-state index contributed by atoms with van der Waals surface area (Å²) in [5, 5.41) is 3.70. The van der Waals surface area contributed by atoms with Crippen LogP contribution in [0.25, 0.3) is 0 Å². The molecule has 1 atom stereocenters. The molecule has 0 unspecified atom stereocenters. The highest BCUT2D eigenvalue weighted by atomic mass is 35.5. The fourth-order valence-corrected chi connectivity index (χ4v) is 2.53. The Morgan fingerprint density at radius 2 is 2.04 bits per heavy atom. The molecule has 1 N–H and O–H groups in total. The lowest BCUT2D eigenvalue weighted by Crippen LogP contribution is -2.42. The van der Waals surface area contributed by atoms with E-state index in [0.717, 1.165) is 11.3 Å². The number of hydrogen-bond donors (Lipinski definition) is 1. The summed E-state index contributed by atoms with van der Waals surface area (Å²) in [5.41, 5.74) is 1.98. The van der Waals surface area contributed by atoms with Gasteiger partial charge in [-0.1, -0.05) is 36.7 Å². The second-order valence-corrected chi connectivity index (χ2v) is 6.31. The second kappa shape index (κ2) is 10.0. The third-order valence-electron chi connectivity index (χ3n) is 3.93. The molecule has 6 heteroatoms. The Balaban J connectivity index is 1.92. The maximum atomic E-state index is 12.6. The normalized spacial score (nSPS) is 11.8. The van der Waals surface area contributed by atoms with Crippen molar-refractivity contribution in [2.24, 2.45) is 0 Å². The van der Waals surface area contributed by atoms with E-state index in [9.17, 15) is 4.79 Å². The van der Waals surface area contributed by atoms with Gasteiger partial charge in [0.25, 0.3) is 0 Å². The van der Waals surface area contributed by atoms with Gasteiger partial charge in [0.1, 0.15) is 0 Å². The molecule has 2 amide bonds. The van der Waals surface area contributed by atoms with Crippen molar-refractivity contribution in [1.29, 1.82) is 0 Å². The fraction of sp³-hybridized carbons (Fsp3) is 0.368. The Morgan fingerprint density at radius 1 is 1.28 bits per heavy atom. The summed E-state index contributed by atoms with van der Waals surface area (Å²) in [5.74, 6) is 0.195. The molecule has 2 rings (SSSR count). The first-order valence-corrected chi connectivity index (χ1v) is 8.65. The summed E-state index contributed by atoms with van der Waals surface area (Å²) in [6.45, 7) is 4.06. The van der Waals surface area contributed by atoms with Crippen molar-refractivity contribution in [1.82, 2.24) is 15.2 Å². The van der Waals surface area contributed by atoms with E-state index in [0.29, 0.717) is 31.3 Å². The lowest BCUT2D eigenvalue weighted by atomic mass is 10.0. The average molecular weight is 362 g/mol. The van der Waals surface area contributed by atoms with Gasteiger partial charge >= 0.3 is 6.03 Å². The molecule has 0 aliphatic rings. The van der Waals surface area contributed by atoms with Crippen LogP contribution in [0.1, 0.15) is 24.1 Å². The standard InChI is InChI=1S/C19H24ClN3O2/c1-15(16-6-8-17(20)9-7-16)13-22-19(24)23(11-12-25-2)14-18-5-3-4-10-21-18/h3-10,15H,11-14H2,1-2H3,(H,22,24)/t15-/m0/s1. The summed E-state index contributed by atoms with van der Waals surface area (Å²) in [4.78, 5) is 18.5. The summed E-state index contributed by atoms with van der Waals surface area (Å²) in [7, 11) is 1.62. The predicted octanol–water partition coefficient (Wildman–Crippen LogP) is 3.70. The first kappa shape index (κ1) is 19.2. The number of nitrogens with one attached hydrogen (secondary N) is 1. The summed E-state index contributed by atoms with van der Waals surface area (Å²) < 4.78 is 5.11. The Kier molecular flexibility index (Phi) is 7.70. The number of ether oxygens (including phenoxy) is 1. The van der Waals surface area contributed by atoms with Gasteiger partial charge in [-0.05, 0) is 35.7 Å². The van der Waals surface area contributed by atoms with Crippen LogP contribution < -0.4 is 5.32 Å². The number of carbonyl (C=O) groups excluding carboxylic acids is 1. The molecule has 0 fully saturated rings. The van der Waals surface area contributed by atoms with Crippen LogP contribution in [0.15, 0.2) is 48.7 Å². The van der Waals surface area contributed by atoms with Gasteiger partial charge in [0.15, 0.2) is 0 Å². The van der Waals surface area contributed by atoms with Gasteiger partial charge in [-0.3, -0.25) is 4.98 Å². The minimum absolute atomic E-state index is 0.122. The van der Waals surface area contributed by atoms with Crippen LogP contribution in [0.4, 0.5) is 4.79 Å². The van der Waals surface area contributed by atoms with E-state index >= 15 is 0 Å². The van der Waals surface area contributed by atoms with Crippen LogP contribution in [0, 0.1) is 0 Å². The highest BCUT2D eigenvalue weighted by molar-refractivity contribution is 6.30. The third kappa shape index (κ3) is 6.36. The molecule has 0 bridgehead atoms. The molecule has 25 heavy (non-hydrogen) atoms. The number of amides is 2. The fourth-order valence-electron chi connectivity index (χ4n) is 2.40. The van der Waals surface area contributed by atoms with Gasteiger partial charge in [-0.15, -0.1) is 0 Å². The molecular formula is C19H24ClN3O2. The predicted molar refractivity (Wildman–Crippen MR) is 99.8 cm³/mol. The number of carbonyl (C=O) groups is 1. The number of hydrogen-bond acceptors (Lipinski definition) is 3. The summed E-state index contributed by atoms with van der Waals surface area (Å²) in [6, 6.07) is 13.2. The maximum Gasteiger partial charge on any atom is 0.317 e. The van der Waals surface area contributed by atoms with Crippen LogP contribution in [0.5, 0.6) is 0 Å². The van der Waals surface area contributed by atoms with E-state index in [1.54, 1.807) is 18.2 Å². The molecule has 1 heterocycles. The zero-order valence-corrected chi connectivity index (χ0v) is 15.4. The van der Waals surface area contributed by atoms with Crippen LogP contribution in [-0.4, -0.2) is 42.7 Å². The number of urea groups is 1. The van der Waals surface area contributed by atoms with E-state index in [1.165, 1.54) is 0 Å². The number of nitrogens with zero attached hydrogens (tertiary/aromatic N) is 2. The average Bonchev–Trinajstić information content (AvgIpc) is 2.64. The highest BCUT2D eigenvalue weighted by Crippen LogP contribution is 2.17. The molecule has 2 aromatic rings. The largest absolute Gasteiger partial charge is 0.383 e. The molecule has 0 saturated carbocycles. The monoisotopic (exact) mass is 361 g/mol. The molecule has 134 valence electrons. The zero-order valence-electron chi connectivity index (χ0n) is 14.6. The third-order valence-corrected chi connectivity index (χ3v) is 4.18. The number of methoxy groups -OCH3 is 1. The van der Waals surface area contributed by atoms with Crippen molar-refractivity contribution in [3.05, 3.63) is 64.9 Å². The van der Waals surface area contributed by atoms with Gasteiger partial charge in [-0.2, -0.15) is 0 Å². The van der Waals surface area contributed by atoms with Gasteiger partial charge in [0.2, 0.25) is 0 Å². The number of halogens is 1. The van der Waals surface area contributed by atoms with Crippen molar-refractivity contribution in [2.45, 2.75) is 19.4 Å². The topological polar surface area (TPSA) is 54.5 Å². The summed E-state index contributed by atoms with van der Waals surface area (Å²) in [6.07, 6.45) is 1.73. The highest BCUT2D eigenvalue weighted by Gasteiger charge is 2.15. The van der Waals surface area contributed by atoms with Gasteiger partial charge in [-0.25, -0.2) is 4.79 Å². The Morgan fingerprint density at radius 3 is 2.68 bits per heavy atom. The van der Waals surface area contributed by atoms with Crippen molar-refractivity contribution < 1.29 is 9.53 Å². The number of benzene rings is 1. The number of aromatic nitrogens is 1. The van der Waals surface area contributed by atoms with Crippen molar-refractivity contribution in [3.8, 4) is 0 Å². The van der Waals surface area contributed by atoms with Crippen LogP contribution >= 0.6 is 11.6 Å². The van der Waals surface area contributed by atoms with Crippen molar-refractivity contribution in [2.75, 3.05) is 26.8 Å².